The predicted octanol–water partition coefficient (Wildman–Crippen LogP) is 1.36. The van der Waals surface area contributed by atoms with E-state index in [4.69, 9.17) is 0 Å². The van der Waals surface area contributed by atoms with E-state index in [0.29, 0.717) is 12.8 Å². The molecule has 0 N–H and O–H groups in total. The Balaban J connectivity index is 1.92. The highest BCUT2D eigenvalue weighted by Gasteiger charge is 2.44. The molecule has 3 rings (SSSR count). The fourth-order valence-electron chi connectivity index (χ4n) is 3.68. The molecule has 1 aromatic heterocycles. The zero-order valence-electron chi connectivity index (χ0n) is 12.8. The van der Waals surface area contributed by atoms with Crippen molar-refractivity contribution in [2.75, 3.05) is 5.75 Å². The minimum atomic E-state index is -3.14. The third-order valence-electron chi connectivity index (χ3n) is 4.53. The average molecular weight is 312 g/mol. The molecule has 2 atom stereocenters. The number of hydrogen-bond acceptors (Lipinski definition) is 4. The van der Waals surface area contributed by atoms with Gasteiger partial charge in [-0.15, -0.1) is 10.2 Å². The molecule has 0 aromatic carbocycles. The summed E-state index contributed by atoms with van der Waals surface area (Å²) in [6, 6.07) is 0.158. The maximum absolute atomic E-state index is 12.6. The molecule has 0 unspecified atom stereocenters. The van der Waals surface area contributed by atoms with Crippen LogP contribution in [0.3, 0.4) is 0 Å². The third kappa shape index (κ3) is 2.61. The first-order valence-corrected chi connectivity index (χ1v) is 9.60. The zero-order chi connectivity index (χ0) is 15.0. The number of aryl methyl sites for hydroxylation is 1. The molecule has 2 aliphatic heterocycles. The first-order chi connectivity index (χ1) is 10.1. The number of aromatic nitrogens is 3. The van der Waals surface area contributed by atoms with Crippen LogP contribution in [0.25, 0.3) is 0 Å². The van der Waals surface area contributed by atoms with Gasteiger partial charge in [-0.05, 0) is 25.7 Å². The molecule has 0 amide bonds. The lowest BCUT2D eigenvalue weighted by molar-refractivity contribution is 0.313. The highest BCUT2D eigenvalue weighted by molar-refractivity contribution is 7.89. The minimum absolute atomic E-state index is 0.0754. The number of sulfonamides is 1. The van der Waals surface area contributed by atoms with Crippen molar-refractivity contribution < 1.29 is 8.42 Å². The normalized spacial score (nSPS) is 25.8. The van der Waals surface area contributed by atoms with Crippen molar-refractivity contribution in [1.29, 1.82) is 0 Å². The van der Waals surface area contributed by atoms with Crippen LogP contribution in [-0.4, -0.2) is 45.3 Å². The first kappa shape index (κ1) is 15.0. The van der Waals surface area contributed by atoms with Gasteiger partial charge in [0.1, 0.15) is 11.6 Å². The molecule has 2 bridgehead atoms. The van der Waals surface area contributed by atoms with Gasteiger partial charge in [0.25, 0.3) is 0 Å². The molecule has 0 radical (unpaired) electrons. The molecule has 3 heterocycles. The topological polar surface area (TPSA) is 68.1 Å². The van der Waals surface area contributed by atoms with Gasteiger partial charge in [-0.1, -0.05) is 13.8 Å². The highest BCUT2D eigenvalue weighted by atomic mass is 32.2. The monoisotopic (exact) mass is 312 g/mol. The zero-order valence-corrected chi connectivity index (χ0v) is 13.6. The Morgan fingerprint density at radius 3 is 2.62 bits per heavy atom. The second-order valence-corrected chi connectivity index (χ2v) is 8.12. The van der Waals surface area contributed by atoms with Crippen molar-refractivity contribution in [3.63, 3.8) is 0 Å². The Morgan fingerprint density at radius 2 is 1.90 bits per heavy atom. The predicted molar refractivity (Wildman–Crippen MR) is 80.4 cm³/mol. The Bertz CT molecular complexity index is 610. The van der Waals surface area contributed by atoms with Gasteiger partial charge in [-0.25, -0.2) is 8.42 Å². The van der Waals surface area contributed by atoms with Gasteiger partial charge in [0.2, 0.25) is 10.0 Å². The fraction of sp³-hybridized carbons (Fsp3) is 0.857. The second kappa shape index (κ2) is 5.68. The van der Waals surface area contributed by atoms with Gasteiger partial charge >= 0.3 is 0 Å². The van der Waals surface area contributed by atoms with E-state index in [-0.39, 0.29) is 17.8 Å². The number of hydrogen-bond donors (Lipinski definition) is 0. The molecule has 0 saturated carbocycles. The summed E-state index contributed by atoms with van der Waals surface area (Å²) in [4.78, 5) is 0. The summed E-state index contributed by atoms with van der Waals surface area (Å²) in [5, 5.41) is 8.60. The van der Waals surface area contributed by atoms with Gasteiger partial charge in [0.15, 0.2) is 0 Å². The van der Waals surface area contributed by atoms with Gasteiger partial charge in [-0.3, -0.25) is 0 Å². The molecule has 118 valence electrons. The largest absolute Gasteiger partial charge is 0.313 e. The van der Waals surface area contributed by atoms with E-state index in [1.807, 2.05) is 6.92 Å². The molecule has 7 heteroatoms. The lowest BCUT2D eigenvalue weighted by Gasteiger charge is -2.26. The molecular formula is C14H24N4O2S. The van der Waals surface area contributed by atoms with E-state index in [2.05, 4.69) is 21.7 Å². The van der Waals surface area contributed by atoms with Crippen LogP contribution in [0.5, 0.6) is 0 Å². The van der Waals surface area contributed by atoms with Crippen molar-refractivity contribution in [1.82, 2.24) is 19.1 Å². The summed E-state index contributed by atoms with van der Waals surface area (Å²) in [6.45, 7) is 4.77. The molecule has 1 aromatic rings. The molecule has 0 spiro atoms. The summed E-state index contributed by atoms with van der Waals surface area (Å²) in [5.41, 5.74) is 0. The second-order valence-electron chi connectivity index (χ2n) is 6.13. The van der Waals surface area contributed by atoms with Crippen LogP contribution >= 0.6 is 0 Å². The quantitative estimate of drug-likeness (QED) is 0.823. The lowest BCUT2D eigenvalue weighted by Crippen LogP contribution is -2.43. The molecule has 1 fully saturated rings. The molecule has 2 aliphatic rings. The van der Waals surface area contributed by atoms with Crippen LogP contribution in [0.15, 0.2) is 0 Å². The van der Waals surface area contributed by atoms with E-state index in [1.54, 1.807) is 4.31 Å². The average Bonchev–Trinajstić information content (AvgIpc) is 2.91. The number of fused-ring (bicyclic) bond motifs is 3. The van der Waals surface area contributed by atoms with E-state index in [1.165, 1.54) is 0 Å². The van der Waals surface area contributed by atoms with Crippen LogP contribution in [0.2, 0.25) is 0 Å². The van der Waals surface area contributed by atoms with Crippen molar-refractivity contribution >= 4 is 10.0 Å². The van der Waals surface area contributed by atoms with E-state index >= 15 is 0 Å². The van der Waals surface area contributed by atoms with Crippen LogP contribution in [0.4, 0.5) is 0 Å². The molecule has 1 saturated heterocycles. The van der Waals surface area contributed by atoms with Gasteiger partial charge in [-0.2, -0.15) is 4.31 Å². The Kier molecular flexibility index (Phi) is 4.05. The van der Waals surface area contributed by atoms with Crippen LogP contribution in [0.1, 0.15) is 51.2 Å². The summed E-state index contributed by atoms with van der Waals surface area (Å²) >= 11 is 0. The lowest BCUT2D eigenvalue weighted by atomic mass is 10.1. The van der Waals surface area contributed by atoms with Crippen LogP contribution in [-0.2, 0) is 29.4 Å². The molecule has 6 nitrogen and oxygen atoms in total. The molecular weight excluding hydrogens is 288 g/mol. The van der Waals surface area contributed by atoms with Gasteiger partial charge < -0.3 is 4.57 Å². The third-order valence-corrected chi connectivity index (χ3v) is 6.69. The van der Waals surface area contributed by atoms with Gasteiger partial charge in [0, 0.05) is 31.5 Å². The Morgan fingerprint density at radius 1 is 1.14 bits per heavy atom. The van der Waals surface area contributed by atoms with E-state index < -0.39 is 10.0 Å². The maximum Gasteiger partial charge on any atom is 0.214 e. The summed E-state index contributed by atoms with van der Waals surface area (Å²) in [7, 11) is -3.14. The summed E-state index contributed by atoms with van der Waals surface area (Å²) < 4.78 is 29.1. The SMILES string of the molecule is CCCc1nnc2n1C[C@H]1CC[C@@H](C2)N1S(=O)(=O)CCC. The standard InChI is InChI=1S/C14H24N4O2S/c1-3-5-13-15-16-14-9-11-6-7-12(10-17(13)14)18(11)21(19,20)8-4-2/h11-12H,3-10H2,1-2H3/t11-,12+/m0/s1. The summed E-state index contributed by atoms with van der Waals surface area (Å²) in [5.74, 6) is 2.22. The van der Waals surface area contributed by atoms with Crippen LogP contribution in [0, 0.1) is 0 Å². The molecule has 0 aliphatic carbocycles. The van der Waals surface area contributed by atoms with Crippen molar-refractivity contribution in [3.8, 4) is 0 Å². The Labute approximate surface area is 126 Å². The number of rotatable bonds is 5. The van der Waals surface area contributed by atoms with Crippen molar-refractivity contribution in [2.45, 2.75) is 71.0 Å². The minimum Gasteiger partial charge on any atom is -0.313 e. The van der Waals surface area contributed by atoms with E-state index in [0.717, 1.165) is 43.9 Å². The van der Waals surface area contributed by atoms with Crippen LogP contribution < -0.4 is 0 Å². The number of nitrogens with zero attached hydrogens (tertiary/aromatic N) is 4. The van der Waals surface area contributed by atoms with E-state index in [9.17, 15) is 8.42 Å². The summed E-state index contributed by atoms with van der Waals surface area (Å²) in [6.07, 6.45) is 5.22. The van der Waals surface area contributed by atoms with Crippen molar-refractivity contribution in [3.05, 3.63) is 11.6 Å². The van der Waals surface area contributed by atoms with Gasteiger partial charge in [0.05, 0.1) is 5.75 Å². The molecule has 21 heavy (non-hydrogen) atoms. The highest BCUT2D eigenvalue weighted by Crippen LogP contribution is 2.34. The maximum atomic E-state index is 12.6. The van der Waals surface area contributed by atoms with Crippen molar-refractivity contribution in [2.24, 2.45) is 0 Å². The fourth-order valence-corrected chi connectivity index (χ4v) is 5.67. The Hall–Kier alpha value is -0.950. The smallest absolute Gasteiger partial charge is 0.214 e. The first-order valence-electron chi connectivity index (χ1n) is 7.99.